The average molecular weight is 493 g/mol. The van der Waals surface area contributed by atoms with Crippen molar-refractivity contribution >= 4 is 33.2 Å². The van der Waals surface area contributed by atoms with Crippen LogP contribution in [0.15, 0.2) is 47.4 Å². The van der Waals surface area contributed by atoms with Gasteiger partial charge in [-0.25, -0.2) is 8.42 Å². The molecule has 1 N–H and O–H groups in total. The maximum atomic E-state index is 13.6. The Morgan fingerprint density at radius 2 is 1.88 bits per heavy atom. The van der Waals surface area contributed by atoms with E-state index in [2.05, 4.69) is 5.32 Å². The van der Waals surface area contributed by atoms with E-state index in [1.54, 1.807) is 18.2 Å². The standard InChI is InChI=1S/C24H29ClN2O5S/c1-2-32-21-9-8-20(17-22(21)33(29,30)27-12-3-4-13-27)26-23(28)24(10-14-31-15-11-24)18-6-5-7-19(25)16-18/h5-9,16-17H,2-4,10-15H2,1H3,(H,26,28). The van der Waals surface area contributed by atoms with Gasteiger partial charge in [-0.1, -0.05) is 23.7 Å². The van der Waals surface area contributed by atoms with Crippen molar-refractivity contribution in [2.45, 2.75) is 42.9 Å². The highest BCUT2D eigenvalue weighted by Crippen LogP contribution is 2.38. The summed E-state index contributed by atoms with van der Waals surface area (Å²) < 4.78 is 39.2. The van der Waals surface area contributed by atoms with Crippen LogP contribution in [0.1, 0.15) is 38.2 Å². The quantitative estimate of drug-likeness (QED) is 0.625. The number of anilines is 1. The minimum absolute atomic E-state index is 0.0767. The molecule has 2 saturated heterocycles. The van der Waals surface area contributed by atoms with Crippen LogP contribution in [-0.2, 0) is 25.0 Å². The number of nitrogens with one attached hydrogen (secondary N) is 1. The first kappa shape index (κ1) is 24.0. The monoisotopic (exact) mass is 492 g/mol. The van der Waals surface area contributed by atoms with E-state index >= 15 is 0 Å². The summed E-state index contributed by atoms with van der Waals surface area (Å²) in [4.78, 5) is 13.7. The van der Waals surface area contributed by atoms with E-state index in [1.807, 2.05) is 25.1 Å². The molecular formula is C24H29ClN2O5S. The van der Waals surface area contributed by atoms with Gasteiger partial charge in [-0.05, 0) is 68.5 Å². The van der Waals surface area contributed by atoms with Gasteiger partial charge in [0, 0.05) is 37.0 Å². The van der Waals surface area contributed by atoms with Gasteiger partial charge in [0.1, 0.15) is 10.6 Å². The molecular weight excluding hydrogens is 464 g/mol. The van der Waals surface area contributed by atoms with Gasteiger partial charge in [-0.2, -0.15) is 4.31 Å². The summed E-state index contributed by atoms with van der Waals surface area (Å²) in [5.74, 6) is 0.0831. The smallest absolute Gasteiger partial charge is 0.246 e. The molecule has 0 radical (unpaired) electrons. The zero-order valence-electron chi connectivity index (χ0n) is 18.7. The van der Waals surface area contributed by atoms with Crippen molar-refractivity contribution in [3.05, 3.63) is 53.1 Å². The molecule has 1 amide bonds. The normalized spacial score (nSPS) is 18.7. The number of rotatable bonds is 7. The zero-order chi connectivity index (χ0) is 23.5. The second kappa shape index (κ2) is 10.0. The van der Waals surface area contributed by atoms with Crippen LogP contribution >= 0.6 is 11.6 Å². The van der Waals surface area contributed by atoms with E-state index in [1.165, 1.54) is 10.4 Å². The highest BCUT2D eigenvalue weighted by Gasteiger charge is 2.42. The van der Waals surface area contributed by atoms with Gasteiger partial charge in [-0.3, -0.25) is 4.79 Å². The lowest BCUT2D eigenvalue weighted by molar-refractivity contribution is -0.125. The molecule has 2 aliphatic heterocycles. The lowest BCUT2D eigenvalue weighted by Crippen LogP contribution is -2.44. The fourth-order valence-electron chi connectivity index (χ4n) is 4.53. The third-order valence-corrected chi connectivity index (χ3v) is 8.50. The molecule has 0 bridgehead atoms. The Kier molecular flexibility index (Phi) is 7.28. The fraction of sp³-hybridized carbons (Fsp3) is 0.458. The number of sulfonamides is 1. The van der Waals surface area contributed by atoms with Gasteiger partial charge in [0.05, 0.1) is 12.0 Å². The zero-order valence-corrected chi connectivity index (χ0v) is 20.3. The molecule has 0 aliphatic carbocycles. The summed E-state index contributed by atoms with van der Waals surface area (Å²) in [6.45, 7) is 4.04. The van der Waals surface area contributed by atoms with E-state index in [4.69, 9.17) is 21.1 Å². The van der Waals surface area contributed by atoms with Crippen LogP contribution in [0.25, 0.3) is 0 Å². The van der Waals surface area contributed by atoms with Gasteiger partial charge in [-0.15, -0.1) is 0 Å². The third-order valence-electron chi connectivity index (χ3n) is 6.34. The molecule has 2 fully saturated rings. The minimum atomic E-state index is -3.73. The summed E-state index contributed by atoms with van der Waals surface area (Å²) in [6.07, 6.45) is 2.69. The van der Waals surface area contributed by atoms with E-state index in [9.17, 15) is 13.2 Å². The number of ether oxygens (including phenoxy) is 2. The molecule has 2 aromatic rings. The first-order valence-electron chi connectivity index (χ1n) is 11.3. The Labute approximate surface area is 200 Å². The Bertz CT molecular complexity index is 1110. The maximum Gasteiger partial charge on any atom is 0.246 e. The molecule has 33 heavy (non-hydrogen) atoms. The molecule has 0 saturated carbocycles. The van der Waals surface area contributed by atoms with Crippen molar-refractivity contribution in [2.75, 3.05) is 38.2 Å². The second-order valence-electron chi connectivity index (χ2n) is 8.36. The van der Waals surface area contributed by atoms with Crippen LogP contribution in [0.5, 0.6) is 5.75 Å². The van der Waals surface area contributed by atoms with Gasteiger partial charge in [0.15, 0.2) is 0 Å². The lowest BCUT2D eigenvalue weighted by Gasteiger charge is -2.36. The van der Waals surface area contributed by atoms with E-state index in [0.29, 0.717) is 56.5 Å². The van der Waals surface area contributed by atoms with Crippen molar-refractivity contribution in [3.63, 3.8) is 0 Å². The summed E-state index contributed by atoms with van der Waals surface area (Å²) in [6, 6.07) is 12.1. The van der Waals surface area contributed by atoms with Crippen molar-refractivity contribution in [1.29, 1.82) is 0 Å². The van der Waals surface area contributed by atoms with E-state index < -0.39 is 15.4 Å². The van der Waals surface area contributed by atoms with Crippen molar-refractivity contribution in [1.82, 2.24) is 4.31 Å². The molecule has 4 rings (SSSR count). The summed E-state index contributed by atoms with van der Waals surface area (Å²) in [7, 11) is -3.73. The highest BCUT2D eigenvalue weighted by atomic mass is 35.5. The molecule has 178 valence electrons. The van der Waals surface area contributed by atoms with Crippen molar-refractivity contribution in [3.8, 4) is 5.75 Å². The molecule has 7 nitrogen and oxygen atoms in total. The average Bonchev–Trinajstić information content (AvgIpc) is 3.37. The molecule has 9 heteroatoms. The first-order chi connectivity index (χ1) is 15.9. The molecule has 2 aromatic carbocycles. The van der Waals surface area contributed by atoms with Crippen LogP contribution in [0.4, 0.5) is 5.69 Å². The van der Waals surface area contributed by atoms with Crippen LogP contribution in [-0.4, -0.2) is 51.5 Å². The molecule has 2 aliphatic rings. The number of nitrogens with zero attached hydrogens (tertiary/aromatic N) is 1. The SMILES string of the molecule is CCOc1ccc(NC(=O)C2(c3cccc(Cl)c3)CCOCC2)cc1S(=O)(=O)N1CCCC1. The van der Waals surface area contributed by atoms with Crippen molar-refractivity contribution in [2.24, 2.45) is 0 Å². The van der Waals surface area contributed by atoms with Crippen molar-refractivity contribution < 1.29 is 22.7 Å². The van der Waals surface area contributed by atoms with Crippen LogP contribution in [0.3, 0.4) is 0 Å². The lowest BCUT2D eigenvalue weighted by atomic mass is 9.73. The molecule has 0 atom stereocenters. The Hall–Kier alpha value is -2.13. The maximum absolute atomic E-state index is 13.6. The Morgan fingerprint density at radius 3 is 2.55 bits per heavy atom. The predicted octanol–water partition coefficient (Wildman–Crippen LogP) is 4.21. The van der Waals surface area contributed by atoms with Gasteiger partial charge in [0.25, 0.3) is 0 Å². The highest BCUT2D eigenvalue weighted by molar-refractivity contribution is 7.89. The fourth-order valence-corrected chi connectivity index (χ4v) is 6.40. The first-order valence-corrected chi connectivity index (χ1v) is 13.1. The molecule has 0 unspecified atom stereocenters. The number of halogens is 1. The van der Waals surface area contributed by atoms with Gasteiger partial charge in [0.2, 0.25) is 15.9 Å². The van der Waals surface area contributed by atoms with Gasteiger partial charge >= 0.3 is 0 Å². The number of benzene rings is 2. The van der Waals surface area contributed by atoms with E-state index in [-0.39, 0.29) is 16.6 Å². The van der Waals surface area contributed by atoms with Crippen LogP contribution < -0.4 is 10.1 Å². The minimum Gasteiger partial charge on any atom is -0.492 e. The largest absolute Gasteiger partial charge is 0.492 e. The summed E-state index contributed by atoms with van der Waals surface area (Å²) >= 11 is 6.22. The Morgan fingerprint density at radius 1 is 1.15 bits per heavy atom. The summed E-state index contributed by atoms with van der Waals surface area (Å²) in [5, 5.41) is 3.53. The number of carbonyl (C=O) groups is 1. The molecule has 0 spiro atoms. The van der Waals surface area contributed by atoms with Gasteiger partial charge < -0.3 is 14.8 Å². The third kappa shape index (κ3) is 4.89. The topological polar surface area (TPSA) is 84.9 Å². The summed E-state index contributed by atoms with van der Waals surface area (Å²) in [5.41, 5.74) is 0.427. The van der Waals surface area contributed by atoms with Crippen LogP contribution in [0.2, 0.25) is 5.02 Å². The number of carbonyl (C=O) groups excluding carboxylic acids is 1. The number of hydrogen-bond acceptors (Lipinski definition) is 5. The Balaban J connectivity index is 1.68. The number of hydrogen-bond donors (Lipinski definition) is 1. The molecule has 2 heterocycles. The second-order valence-corrected chi connectivity index (χ2v) is 10.7. The van der Waals surface area contributed by atoms with Crippen LogP contribution in [0, 0.1) is 0 Å². The number of amides is 1. The molecule has 0 aromatic heterocycles. The van der Waals surface area contributed by atoms with E-state index in [0.717, 1.165) is 18.4 Å². The predicted molar refractivity (Wildman–Crippen MR) is 127 cm³/mol.